The summed E-state index contributed by atoms with van der Waals surface area (Å²) in [4.78, 5) is 12.8. The Labute approximate surface area is 216 Å². The number of carboxylic acid groups (broad SMARTS) is 1. The van der Waals surface area contributed by atoms with Crippen LogP contribution in [0.2, 0.25) is 0 Å². The van der Waals surface area contributed by atoms with Crippen LogP contribution in [0.4, 0.5) is 0 Å². The predicted molar refractivity (Wildman–Crippen MR) is 137 cm³/mol. The normalized spacial score (nSPS) is 55.9. The van der Waals surface area contributed by atoms with Crippen molar-refractivity contribution in [1.29, 1.82) is 0 Å². The third kappa shape index (κ3) is 2.96. The van der Waals surface area contributed by atoms with E-state index in [0.29, 0.717) is 25.7 Å². The number of allylic oxidation sites excluding steroid dienone is 1. The van der Waals surface area contributed by atoms with Crippen molar-refractivity contribution in [3.8, 4) is 0 Å². The molecule has 0 saturated heterocycles. The lowest BCUT2D eigenvalue weighted by atomic mass is 9.33. The van der Waals surface area contributed by atoms with Crippen LogP contribution in [0, 0.1) is 50.2 Å². The highest BCUT2D eigenvalue weighted by Gasteiger charge is 2.71. The van der Waals surface area contributed by atoms with Gasteiger partial charge < -0.3 is 25.5 Å². The second-order valence-electron chi connectivity index (χ2n) is 15.0. The average Bonchev–Trinajstić information content (AvgIpc) is 2.80. The van der Waals surface area contributed by atoms with E-state index in [1.807, 2.05) is 6.92 Å². The molecule has 6 nitrogen and oxygen atoms in total. The van der Waals surface area contributed by atoms with Crippen molar-refractivity contribution in [2.75, 3.05) is 6.61 Å². The van der Waals surface area contributed by atoms with E-state index in [-0.39, 0.29) is 46.0 Å². The number of aliphatic carboxylic acids is 1. The largest absolute Gasteiger partial charge is 0.481 e. The zero-order valence-corrected chi connectivity index (χ0v) is 23.0. The lowest BCUT2D eigenvalue weighted by Crippen LogP contribution is -2.69. The molecule has 0 aromatic rings. The van der Waals surface area contributed by atoms with Gasteiger partial charge in [0.1, 0.15) is 0 Å². The highest BCUT2D eigenvalue weighted by molar-refractivity contribution is 5.77. The van der Waals surface area contributed by atoms with E-state index in [4.69, 9.17) is 0 Å². The van der Waals surface area contributed by atoms with Crippen LogP contribution < -0.4 is 0 Å². The van der Waals surface area contributed by atoms with Crippen LogP contribution in [0.1, 0.15) is 92.9 Å². The molecule has 0 heterocycles. The molecule has 0 aromatic heterocycles. The Morgan fingerprint density at radius 1 is 0.917 bits per heavy atom. The number of rotatable bonds is 2. The molecule has 5 rings (SSSR count). The molecule has 0 aliphatic heterocycles. The quantitative estimate of drug-likeness (QED) is 0.361. The third-order valence-electron chi connectivity index (χ3n) is 13.4. The van der Waals surface area contributed by atoms with Crippen molar-refractivity contribution in [3.63, 3.8) is 0 Å². The molecule has 0 bridgehead atoms. The number of hydrogen-bond donors (Lipinski definition) is 5. The Balaban J connectivity index is 1.63. The zero-order valence-electron chi connectivity index (χ0n) is 23.0. The molecule has 5 aliphatic rings. The Hall–Kier alpha value is -0.950. The fourth-order valence-electron chi connectivity index (χ4n) is 10.8. The summed E-state index contributed by atoms with van der Waals surface area (Å²) < 4.78 is 0. The van der Waals surface area contributed by atoms with Gasteiger partial charge in [0.25, 0.3) is 0 Å². The lowest BCUT2D eigenvalue weighted by molar-refractivity contribution is -0.245. The van der Waals surface area contributed by atoms with Crippen molar-refractivity contribution >= 4 is 5.97 Å². The fourth-order valence-corrected chi connectivity index (χ4v) is 10.8. The predicted octanol–water partition coefficient (Wildman–Crippen LogP) is 4.15. The molecule has 204 valence electrons. The number of hydrogen-bond acceptors (Lipinski definition) is 5. The van der Waals surface area contributed by atoms with Crippen LogP contribution in [-0.4, -0.2) is 56.4 Å². The first-order chi connectivity index (χ1) is 16.5. The Morgan fingerprint density at radius 3 is 2.17 bits per heavy atom. The maximum absolute atomic E-state index is 12.8. The molecule has 0 unspecified atom stereocenters. The lowest BCUT2D eigenvalue weighted by Gasteiger charge is -2.71. The van der Waals surface area contributed by atoms with Gasteiger partial charge >= 0.3 is 5.97 Å². The minimum atomic E-state index is -0.944. The molecule has 0 aromatic carbocycles. The van der Waals surface area contributed by atoms with E-state index < -0.39 is 35.1 Å². The second-order valence-corrected chi connectivity index (χ2v) is 15.0. The fraction of sp³-hybridized carbons (Fsp3) is 0.900. The van der Waals surface area contributed by atoms with Gasteiger partial charge in [-0.3, -0.25) is 4.79 Å². The van der Waals surface area contributed by atoms with Crippen LogP contribution >= 0.6 is 0 Å². The molecule has 0 amide bonds. The molecule has 5 aliphatic carbocycles. The van der Waals surface area contributed by atoms with Crippen LogP contribution in [0.5, 0.6) is 0 Å². The summed E-state index contributed by atoms with van der Waals surface area (Å²) in [6, 6.07) is 0. The molecule has 0 radical (unpaired) electrons. The molecular formula is C30H48O6. The van der Waals surface area contributed by atoms with E-state index in [0.717, 1.165) is 31.3 Å². The summed E-state index contributed by atoms with van der Waals surface area (Å²) in [6.07, 6.45) is 5.48. The highest BCUT2D eigenvalue weighted by atomic mass is 16.4. The molecule has 5 N–H and O–H groups in total. The summed E-state index contributed by atoms with van der Waals surface area (Å²) in [5.74, 6) is -0.833. The number of aliphatic hydroxyl groups is 4. The molecule has 36 heavy (non-hydrogen) atoms. The minimum Gasteiger partial charge on any atom is -0.481 e. The van der Waals surface area contributed by atoms with Crippen molar-refractivity contribution in [2.24, 2.45) is 50.2 Å². The van der Waals surface area contributed by atoms with Crippen LogP contribution in [0.3, 0.4) is 0 Å². The van der Waals surface area contributed by atoms with E-state index in [9.17, 15) is 30.3 Å². The summed E-state index contributed by atoms with van der Waals surface area (Å²) in [7, 11) is 0. The molecule has 0 spiro atoms. The third-order valence-corrected chi connectivity index (χ3v) is 13.4. The van der Waals surface area contributed by atoms with E-state index in [2.05, 4.69) is 40.7 Å². The summed E-state index contributed by atoms with van der Waals surface area (Å²) in [5, 5.41) is 54.5. The van der Waals surface area contributed by atoms with Gasteiger partial charge in [0.05, 0.1) is 30.3 Å². The standard InChI is InChI=1S/C30H48O6/c1-25(2)11-13-30(24(35)36)14-12-28(5)17(21(30)23(25)34)7-8-20-26(3)15-18(32)22(33)27(4,16-31)19(26)9-10-29(20,28)6/h7,18-23,31-34H,8-16H2,1-6H3,(H,35,36)/t18-,19+,20-,21-,22+,23-,26+,27+,28-,29-,30+/m1/s1. The topological polar surface area (TPSA) is 118 Å². The first-order valence-electron chi connectivity index (χ1n) is 14.1. The van der Waals surface area contributed by atoms with Crippen LogP contribution in [0.15, 0.2) is 11.6 Å². The van der Waals surface area contributed by atoms with Gasteiger partial charge in [-0.15, -0.1) is 0 Å². The van der Waals surface area contributed by atoms with E-state index >= 15 is 0 Å². The molecule has 11 atom stereocenters. The van der Waals surface area contributed by atoms with Gasteiger partial charge in [-0.2, -0.15) is 0 Å². The summed E-state index contributed by atoms with van der Waals surface area (Å²) >= 11 is 0. The van der Waals surface area contributed by atoms with Gasteiger partial charge in [0.15, 0.2) is 0 Å². The Kier molecular flexibility index (Phi) is 5.77. The Bertz CT molecular complexity index is 974. The van der Waals surface area contributed by atoms with Gasteiger partial charge in [-0.25, -0.2) is 0 Å². The Morgan fingerprint density at radius 2 is 1.56 bits per heavy atom. The molecule has 6 heteroatoms. The number of carbonyl (C=O) groups is 1. The summed E-state index contributed by atoms with van der Waals surface area (Å²) in [6.45, 7) is 12.9. The first kappa shape index (κ1) is 26.6. The number of fused-ring (bicyclic) bond motifs is 7. The smallest absolute Gasteiger partial charge is 0.310 e. The number of carboxylic acids is 1. The van der Waals surface area contributed by atoms with Gasteiger partial charge in [-0.05, 0) is 84.9 Å². The van der Waals surface area contributed by atoms with Crippen LogP contribution in [-0.2, 0) is 4.79 Å². The van der Waals surface area contributed by atoms with Crippen molar-refractivity contribution in [2.45, 2.75) is 111 Å². The van der Waals surface area contributed by atoms with Gasteiger partial charge in [0.2, 0.25) is 0 Å². The first-order valence-corrected chi connectivity index (χ1v) is 14.1. The maximum Gasteiger partial charge on any atom is 0.310 e. The number of aliphatic hydroxyl groups excluding tert-OH is 4. The van der Waals surface area contributed by atoms with Crippen molar-refractivity contribution in [1.82, 2.24) is 0 Å². The maximum atomic E-state index is 12.8. The van der Waals surface area contributed by atoms with E-state index in [1.54, 1.807) is 0 Å². The highest BCUT2D eigenvalue weighted by Crippen LogP contribution is 2.75. The molecular weight excluding hydrogens is 456 g/mol. The van der Waals surface area contributed by atoms with Gasteiger partial charge in [-0.1, -0.05) is 53.2 Å². The average molecular weight is 505 g/mol. The van der Waals surface area contributed by atoms with Gasteiger partial charge in [0, 0.05) is 11.3 Å². The summed E-state index contributed by atoms with van der Waals surface area (Å²) in [5.41, 5.74) is -1.50. The van der Waals surface area contributed by atoms with Crippen molar-refractivity contribution < 1.29 is 30.3 Å². The monoisotopic (exact) mass is 504 g/mol. The van der Waals surface area contributed by atoms with Crippen molar-refractivity contribution in [3.05, 3.63) is 11.6 Å². The SMILES string of the molecule is CC1(C)CC[C@]2(C(=O)O)CC[C@]3(C)C(=CC[C@@H]4[C@@]5(C)C[C@@H](O)[C@H](O)[C@@](C)(CO)[C@H]5CC[C@]43C)[C@@H]2[C@H]1O. The second kappa shape index (κ2) is 7.80. The van der Waals surface area contributed by atoms with Crippen LogP contribution in [0.25, 0.3) is 0 Å². The zero-order chi connectivity index (χ0) is 26.7. The minimum absolute atomic E-state index is 0.0888. The van der Waals surface area contributed by atoms with E-state index in [1.165, 1.54) is 0 Å². The molecule has 4 saturated carbocycles. The molecule has 4 fully saturated rings.